The quantitative estimate of drug-likeness (QED) is 0.168. The van der Waals surface area contributed by atoms with Gasteiger partial charge in [0.2, 0.25) is 0 Å². The Hall–Kier alpha value is -8.22. The second kappa shape index (κ2) is 13.7. The molecule has 6 heteroatoms. The third kappa shape index (κ3) is 5.73. The van der Waals surface area contributed by atoms with Crippen molar-refractivity contribution in [1.82, 2.24) is 19.9 Å². The summed E-state index contributed by atoms with van der Waals surface area (Å²) < 4.78 is 12.9. The minimum Gasteiger partial charge on any atom is -0.456 e. The zero-order valence-corrected chi connectivity index (χ0v) is 32.1. The molecule has 12 aromatic rings. The molecule has 12 rings (SSSR count). The lowest BCUT2D eigenvalue weighted by Crippen LogP contribution is -2.00. The van der Waals surface area contributed by atoms with Crippen molar-refractivity contribution < 1.29 is 8.83 Å². The summed E-state index contributed by atoms with van der Waals surface area (Å²) in [5, 5.41) is 5.40. The van der Waals surface area contributed by atoms with E-state index in [9.17, 15) is 0 Å². The van der Waals surface area contributed by atoms with Crippen LogP contribution in [0.3, 0.4) is 0 Å². The van der Waals surface area contributed by atoms with Crippen LogP contribution in [-0.2, 0) is 0 Å². The molecule has 4 aromatic heterocycles. The molecule has 0 atom stereocenters. The number of para-hydroxylation sites is 2. The molecule has 60 heavy (non-hydrogen) atoms. The number of nitrogens with zero attached hydrogens (tertiary/aromatic N) is 4. The number of furan rings is 2. The van der Waals surface area contributed by atoms with Gasteiger partial charge in [-0.2, -0.15) is 0 Å². The van der Waals surface area contributed by atoms with Crippen molar-refractivity contribution >= 4 is 54.8 Å². The van der Waals surface area contributed by atoms with Gasteiger partial charge in [0.05, 0.1) is 5.52 Å². The van der Waals surface area contributed by atoms with Crippen LogP contribution >= 0.6 is 0 Å². The van der Waals surface area contributed by atoms with Crippen LogP contribution < -0.4 is 0 Å². The van der Waals surface area contributed by atoms with Crippen molar-refractivity contribution in [3.05, 3.63) is 194 Å². The van der Waals surface area contributed by atoms with E-state index in [1.54, 1.807) is 0 Å². The van der Waals surface area contributed by atoms with Crippen molar-refractivity contribution in [3.63, 3.8) is 0 Å². The number of benzene rings is 8. The van der Waals surface area contributed by atoms with E-state index in [0.29, 0.717) is 17.5 Å². The fourth-order valence-electron chi connectivity index (χ4n) is 8.34. The highest BCUT2D eigenvalue weighted by atomic mass is 16.3. The van der Waals surface area contributed by atoms with Crippen molar-refractivity contribution in [2.45, 2.75) is 0 Å². The van der Waals surface area contributed by atoms with E-state index in [1.165, 1.54) is 0 Å². The van der Waals surface area contributed by atoms with Crippen molar-refractivity contribution in [3.8, 4) is 67.7 Å². The summed E-state index contributed by atoms with van der Waals surface area (Å²) >= 11 is 0. The number of fused-ring (bicyclic) bond motifs is 8. The average molecular weight is 769 g/mol. The molecule has 0 aliphatic rings. The molecule has 0 bridgehead atoms. The standard InChI is InChI=1S/C54H32N4O2/c1-3-11-36(12-4-1)52-56-53(37-13-5-2-6-14-37)58-54(57-52)38-25-21-34(22-26-38)33-19-23-35(24-20-33)50-51-49(43-16-8-10-18-47(43)60-51)44-31-39(28-30-45(44)55-50)40-27-29-42-41-15-7-9-17-46(41)59-48(42)32-40/h1-32H. The number of rotatable bonds is 6. The molecule has 0 aliphatic carbocycles. The number of hydrogen-bond donors (Lipinski definition) is 0. The van der Waals surface area contributed by atoms with Crippen LogP contribution in [0.1, 0.15) is 0 Å². The van der Waals surface area contributed by atoms with Crippen LogP contribution in [0.4, 0.5) is 0 Å². The lowest BCUT2D eigenvalue weighted by atomic mass is 9.97. The molecule has 280 valence electrons. The Morgan fingerprint density at radius 3 is 1.40 bits per heavy atom. The van der Waals surface area contributed by atoms with E-state index in [-0.39, 0.29) is 0 Å². The van der Waals surface area contributed by atoms with Gasteiger partial charge in [-0.25, -0.2) is 19.9 Å². The zero-order chi connectivity index (χ0) is 39.6. The first-order valence-corrected chi connectivity index (χ1v) is 20.0. The Kier molecular flexibility index (Phi) is 7.74. The van der Waals surface area contributed by atoms with Gasteiger partial charge < -0.3 is 8.83 Å². The summed E-state index contributed by atoms with van der Waals surface area (Å²) in [5.41, 5.74) is 13.2. The van der Waals surface area contributed by atoms with Gasteiger partial charge in [-0.15, -0.1) is 0 Å². The monoisotopic (exact) mass is 768 g/mol. The van der Waals surface area contributed by atoms with Gasteiger partial charge in [-0.3, -0.25) is 0 Å². The SMILES string of the molecule is c1ccc(-c2nc(-c3ccccc3)nc(-c3ccc(-c4ccc(-c5nc6ccc(-c7ccc8c(c7)oc7ccccc78)cc6c6c5oc5ccccc56)cc4)cc3)n2)cc1. The highest BCUT2D eigenvalue weighted by molar-refractivity contribution is 6.21. The summed E-state index contributed by atoms with van der Waals surface area (Å²) in [4.78, 5) is 19.9. The number of aromatic nitrogens is 4. The van der Waals surface area contributed by atoms with Crippen LogP contribution in [0.2, 0.25) is 0 Å². The normalized spacial score (nSPS) is 11.7. The number of hydrogen-bond acceptors (Lipinski definition) is 6. The van der Waals surface area contributed by atoms with Crippen LogP contribution in [-0.4, -0.2) is 19.9 Å². The molecule has 0 fully saturated rings. The predicted octanol–water partition coefficient (Wildman–Crippen LogP) is 14.2. The van der Waals surface area contributed by atoms with Gasteiger partial charge in [-0.05, 0) is 58.7 Å². The molecule has 0 spiro atoms. The Labute approximate surface area is 344 Å². The van der Waals surface area contributed by atoms with Gasteiger partial charge in [0.15, 0.2) is 23.1 Å². The molecular formula is C54H32N4O2. The first-order chi connectivity index (χ1) is 29.7. The molecule has 0 saturated carbocycles. The van der Waals surface area contributed by atoms with Crippen LogP contribution in [0.15, 0.2) is 203 Å². The lowest BCUT2D eigenvalue weighted by molar-refractivity contribution is 0.668. The predicted molar refractivity (Wildman–Crippen MR) is 242 cm³/mol. The largest absolute Gasteiger partial charge is 0.456 e. The molecule has 0 aliphatic heterocycles. The van der Waals surface area contributed by atoms with Crippen molar-refractivity contribution in [2.75, 3.05) is 0 Å². The summed E-state index contributed by atoms with van der Waals surface area (Å²) in [6, 6.07) is 66.4. The Bertz CT molecular complexity index is 3520. The maximum Gasteiger partial charge on any atom is 0.164 e. The van der Waals surface area contributed by atoms with Crippen LogP contribution in [0.25, 0.3) is 122 Å². The highest BCUT2D eigenvalue weighted by Crippen LogP contribution is 2.41. The molecule has 6 nitrogen and oxygen atoms in total. The first-order valence-electron chi connectivity index (χ1n) is 20.0. The summed E-state index contributed by atoms with van der Waals surface area (Å²) in [5.74, 6) is 1.91. The van der Waals surface area contributed by atoms with Gasteiger partial charge in [0.25, 0.3) is 0 Å². The van der Waals surface area contributed by atoms with Crippen LogP contribution in [0, 0.1) is 0 Å². The minimum atomic E-state index is 0.626. The van der Waals surface area contributed by atoms with Gasteiger partial charge in [0.1, 0.15) is 22.4 Å². The molecule has 0 N–H and O–H groups in total. The van der Waals surface area contributed by atoms with E-state index in [0.717, 1.165) is 105 Å². The molecule has 0 saturated heterocycles. The first kappa shape index (κ1) is 33.9. The molecular weight excluding hydrogens is 737 g/mol. The van der Waals surface area contributed by atoms with Gasteiger partial charge in [0, 0.05) is 49.2 Å². The van der Waals surface area contributed by atoms with E-state index >= 15 is 0 Å². The third-order valence-corrected chi connectivity index (χ3v) is 11.4. The average Bonchev–Trinajstić information content (AvgIpc) is 3.91. The third-order valence-electron chi connectivity index (χ3n) is 11.4. The lowest BCUT2D eigenvalue weighted by Gasteiger charge is -2.10. The summed E-state index contributed by atoms with van der Waals surface area (Å²) in [7, 11) is 0. The minimum absolute atomic E-state index is 0.626. The second-order valence-corrected chi connectivity index (χ2v) is 15.0. The molecule has 0 unspecified atom stereocenters. The molecule has 0 radical (unpaired) electrons. The fraction of sp³-hybridized carbons (Fsp3) is 0. The smallest absolute Gasteiger partial charge is 0.164 e. The Morgan fingerprint density at radius 1 is 0.283 bits per heavy atom. The van der Waals surface area contributed by atoms with E-state index < -0.39 is 0 Å². The van der Waals surface area contributed by atoms with Crippen LogP contribution in [0.5, 0.6) is 0 Å². The molecule has 0 amide bonds. The highest BCUT2D eigenvalue weighted by Gasteiger charge is 2.19. The maximum absolute atomic E-state index is 6.63. The zero-order valence-electron chi connectivity index (χ0n) is 32.1. The topological polar surface area (TPSA) is 77.8 Å². The fourth-order valence-corrected chi connectivity index (χ4v) is 8.34. The van der Waals surface area contributed by atoms with Gasteiger partial charge >= 0.3 is 0 Å². The maximum atomic E-state index is 6.63. The number of pyridine rings is 1. The van der Waals surface area contributed by atoms with Gasteiger partial charge in [-0.1, -0.05) is 158 Å². The Balaban J connectivity index is 0.902. The molecule has 8 aromatic carbocycles. The van der Waals surface area contributed by atoms with Crippen molar-refractivity contribution in [2.24, 2.45) is 0 Å². The second-order valence-electron chi connectivity index (χ2n) is 15.0. The Morgan fingerprint density at radius 2 is 0.750 bits per heavy atom. The molecule has 4 heterocycles. The summed E-state index contributed by atoms with van der Waals surface area (Å²) in [6.07, 6.45) is 0. The van der Waals surface area contributed by atoms with E-state index in [1.807, 2.05) is 91.0 Å². The van der Waals surface area contributed by atoms with E-state index in [2.05, 4.69) is 103 Å². The van der Waals surface area contributed by atoms with E-state index in [4.69, 9.17) is 28.8 Å². The van der Waals surface area contributed by atoms with Crippen molar-refractivity contribution in [1.29, 1.82) is 0 Å². The summed E-state index contributed by atoms with van der Waals surface area (Å²) in [6.45, 7) is 0.